The Morgan fingerprint density at radius 3 is 1.66 bits per heavy atom. The molecule has 0 fully saturated rings. The van der Waals surface area contributed by atoms with E-state index >= 15 is 0 Å². The van der Waals surface area contributed by atoms with Crippen molar-refractivity contribution in [2.75, 3.05) is 0 Å². The van der Waals surface area contributed by atoms with Crippen molar-refractivity contribution < 1.29 is 0 Å². The number of fused-ring (bicyclic) bond motifs is 6. The Morgan fingerprint density at radius 1 is 0.468 bits per heavy atom. The first-order chi connectivity index (χ1) is 30.7. The van der Waals surface area contributed by atoms with Crippen molar-refractivity contribution in [3.63, 3.8) is 0 Å². The van der Waals surface area contributed by atoms with Gasteiger partial charge in [-0.15, -0.1) is 22.7 Å². The molecule has 2 aromatic heterocycles. The van der Waals surface area contributed by atoms with Crippen LogP contribution in [0.15, 0.2) is 222 Å². The van der Waals surface area contributed by atoms with E-state index in [1.54, 1.807) is 0 Å². The van der Waals surface area contributed by atoms with E-state index in [-0.39, 0.29) is 6.17 Å². The molecule has 2 aliphatic carbocycles. The molecule has 3 heterocycles. The van der Waals surface area contributed by atoms with Gasteiger partial charge >= 0.3 is 0 Å². The highest BCUT2D eigenvalue weighted by molar-refractivity contribution is 7.26. The summed E-state index contributed by atoms with van der Waals surface area (Å²) < 4.78 is 5.25. The number of aliphatic imine (C=N–C) groups is 1. The molecule has 1 atom stereocenters. The Hall–Kier alpha value is -6.85. The van der Waals surface area contributed by atoms with Crippen LogP contribution < -0.4 is 5.32 Å². The van der Waals surface area contributed by atoms with E-state index in [0.29, 0.717) is 0 Å². The summed E-state index contributed by atoms with van der Waals surface area (Å²) in [7, 11) is 0. The van der Waals surface area contributed by atoms with E-state index in [1.165, 1.54) is 90.5 Å². The van der Waals surface area contributed by atoms with Gasteiger partial charge in [-0.3, -0.25) is 4.99 Å². The maximum atomic E-state index is 5.54. The van der Waals surface area contributed by atoms with E-state index in [0.717, 1.165) is 48.2 Å². The van der Waals surface area contributed by atoms with Crippen LogP contribution in [0.2, 0.25) is 0 Å². The van der Waals surface area contributed by atoms with Gasteiger partial charge in [0.1, 0.15) is 6.17 Å². The number of allylic oxidation sites excluding steroid dienone is 8. The quantitative estimate of drug-likeness (QED) is 0.170. The highest BCUT2D eigenvalue weighted by atomic mass is 32.1. The highest BCUT2D eigenvalue weighted by Gasteiger charge is 2.25. The van der Waals surface area contributed by atoms with Crippen molar-refractivity contribution >= 4 is 74.3 Å². The maximum Gasteiger partial charge on any atom is 0.145 e. The molecule has 2 nitrogen and oxygen atoms in total. The minimum absolute atomic E-state index is 0.308. The number of thiophene rings is 2. The summed E-state index contributed by atoms with van der Waals surface area (Å²) >= 11 is 3.77. The fourth-order valence-electron chi connectivity index (χ4n) is 9.64. The molecule has 9 aromatic rings. The second kappa shape index (κ2) is 15.6. The van der Waals surface area contributed by atoms with Crippen molar-refractivity contribution in [1.82, 2.24) is 5.32 Å². The van der Waals surface area contributed by atoms with Crippen molar-refractivity contribution in [3.05, 3.63) is 233 Å². The Labute approximate surface area is 369 Å². The smallest absolute Gasteiger partial charge is 0.145 e. The average molecular weight is 831 g/mol. The molecule has 1 unspecified atom stereocenters. The number of rotatable bonds is 7. The van der Waals surface area contributed by atoms with Gasteiger partial charge in [0, 0.05) is 46.0 Å². The lowest BCUT2D eigenvalue weighted by Crippen LogP contribution is -2.27. The molecule has 7 aromatic carbocycles. The Kier molecular flexibility index (Phi) is 9.27. The maximum absolute atomic E-state index is 5.54. The molecule has 0 saturated heterocycles. The molecule has 0 spiro atoms. The molecule has 1 aliphatic heterocycles. The highest BCUT2D eigenvalue weighted by Crippen LogP contribution is 2.45. The number of hydrogen-bond donors (Lipinski definition) is 1. The van der Waals surface area contributed by atoms with Gasteiger partial charge in [0.25, 0.3) is 0 Å². The topological polar surface area (TPSA) is 24.4 Å². The molecular weight excluding hydrogens is 789 g/mol. The summed E-state index contributed by atoms with van der Waals surface area (Å²) in [4.78, 5) is 5.54. The van der Waals surface area contributed by atoms with Gasteiger partial charge in [-0.2, -0.15) is 0 Å². The molecule has 4 heteroatoms. The monoisotopic (exact) mass is 830 g/mol. The minimum Gasteiger partial charge on any atom is -0.360 e. The van der Waals surface area contributed by atoms with Gasteiger partial charge in [-0.25, -0.2) is 0 Å². The lowest BCUT2D eigenvalue weighted by atomic mass is 9.85. The van der Waals surface area contributed by atoms with Gasteiger partial charge in [-0.1, -0.05) is 152 Å². The summed E-state index contributed by atoms with van der Waals surface area (Å²) in [5.41, 5.74) is 16.1. The molecule has 0 amide bonds. The fourth-order valence-corrected chi connectivity index (χ4v) is 12.1. The van der Waals surface area contributed by atoms with Gasteiger partial charge in [0.05, 0.1) is 5.71 Å². The second-order valence-electron chi connectivity index (χ2n) is 16.5. The number of hydrogen-bond acceptors (Lipinski definition) is 4. The van der Waals surface area contributed by atoms with E-state index in [1.807, 2.05) is 22.7 Å². The van der Waals surface area contributed by atoms with Crippen molar-refractivity contribution in [3.8, 4) is 22.3 Å². The summed E-state index contributed by atoms with van der Waals surface area (Å²) in [5.74, 6) is 0. The van der Waals surface area contributed by atoms with Gasteiger partial charge in [0.2, 0.25) is 0 Å². The predicted molar refractivity (Wildman–Crippen MR) is 267 cm³/mol. The van der Waals surface area contributed by atoms with Crippen LogP contribution in [0.5, 0.6) is 0 Å². The number of nitrogens with zero attached hydrogens (tertiary/aromatic N) is 1. The van der Waals surface area contributed by atoms with Crippen LogP contribution in [0.25, 0.3) is 68.2 Å². The Bertz CT molecular complexity index is 3290. The van der Waals surface area contributed by atoms with Crippen LogP contribution in [0.1, 0.15) is 48.5 Å². The van der Waals surface area contributed by atoms with Crippen LogP contribution in [-0.2, 0) is 0 Å². The van der Waals surface area contributed by atoms with E-state index in [9.17, 15) is 0 Å². The van der Waals surface area contributed by atoms with Crippen LogP contribution in [-0.4, -0.2) is 5.71 Å². The molecule has 0 saturated carbocycles. The van der Waals surface area contributed by atoms with Crippen LogP contribution in [0.4, 0.5) is 0 Å². The summed E-state index contributed by atoms with van der Waals surface area (Å²) in [6, 6.07) is 59.9. The number of benzene rings is 7. The van der Waals surface area contributed by atoms with Crippen LogP contribution >= 0.6 is 22.7 Å². The molecule has 3 aliphatic rings. The van der Waals surface area contributed by atoms with E-state index in [2.05, 4.69) is 199 Å². The van der Waals surface area contributed by atoms with Crippen molar-refractivity contribution in [1.29, 1.82) is 0 Å². The Morgan fingerprint density at radius 2 is 1.03 bits per heavy atom. The van der Waals surface area contributed by atoms with E-state index < -0.39 is 0 Å². The predicted octanol–water partition coefficient (Wildman–Crippen LogP) is 16.2. The lowest BCUT2D eigenvalue weighted by molar-refractivity contribution is 0.625. The third-order valence-electron chi connectivity index (χ3n) is 12.7. The molecule has 12 rings (SSSR count). The first-order valence-corrected chi connectivity index (χ1v) is 23.3. The zero-order valence-electron chi connectivity index (χ0n) is 34.1. The van der Waals surface area contributed by atoms with Gasteiger partial charge < -0.3 is 5.32 Å². The zero-order valence-corrected chi connectivity index (χ0v) is 35.8. The summed E-state index contributed by atoms with van der Waals surface area (Å²) in [5, 5.41) is 9.23. The normalized spacial score (nSPS) is 16.7. The minimum atomic E-state index is -0.308. The first kappa shape index (κ1) is 37.0. The fraction of sp³-hybridized carbons (Fsp3) is 0.0862. The first-order valence-electron chi connectivity index (χ1n) is 21.6. The third-order valence-corrected chi connectivity index (χ3v) is 15.2. The zero-order chi connectivity index (χ0) is 41.0. The van der Waals surface area contributed by atoms with Gasteiger partial charge in [-0.05, 0) is 129 Å². The van der Waals surface area contributed by atoms with Gasteiger partial charge in [0.15, 0.2) is 0 Å². The number of nitrogens with one attached hydrogen (secondary N) is 1. The second-order valence-corrected chi connectivity index (χ2v) is 18.6. The molecule has 62 heavy (non-hydrogen) atoms. The molecule has 296 valence electrons. The van der Waals surface area contributed by atoms with Crippen LogP contribution in [0.3, 0.4) is 0 Å². The van der Waals surface area contributed by atoms with Crippen molar-refractivity contribution in [2.45, 2.75) is 31.8 Å². The van der Waals surface area contributed by atoms with Crippen molar-refractivity contribution in [2.24, 2.45) is 4.99 Å². The largest absolute Gasteiger partial charge is 0.360 e. The Balaban J connectivity index is 0.997. The van der Waals surface area contributed by atoms with Crippen LogP contribution in [0, 0.1) is 0 Å². The standard InChI is InChI=1S/C58H42N2S2/c1-3-14-37(15-4-1)38-28-30-39(31-29-38)41-18-11-19-42(32-41)53-36-52(40-16-5-2-6-17-40)59-58(60-53)45-34-43(46-22-12-24-50-48-20-7-9-26-54(48)61-56(46)50)33-44(35-45)47-23-13-25-51-49-21-8-10-27-55(49)62-57(47)51/h1-10,12-17,19-28,30,32-36,58,60H,11,18,29,31H2. The lowest BCUT2D eigenvalue weighted by Gasteiger charge is -2.28. The summed E-state index contributed by atoms with van der Waals surface area (Å²) in [6.45, 7) is 0. The molecular formula is C58H42N2S2. The summed E-state index contributed by atoms with van der Waals surface area (Å²) in [6.07, 6.45) is 15.7. The van der Waals surface area contributed by atoms with E-state index in [4.69, 9.17) is 4.99 Å². The third kappa shape index (κ3) is 6.68. The molecule has 0 radical (unpaired) electrons. The SMILES string of the molecule is C1=C(C2=CC(c3ccccc3)=NC(c3cc(-c4cccc5c4sc4ccccc45)cc(-c4cccc5c4sc4ccccc45)c3)N2)C=C(C2=CC=C(c3ccccc3)CC2)CC1. The molecule has 0 bridgehead atoms. The molecule has 1 N–H and O–H groups in total. The average Bonchev–Trinajstić information content (AvgIpc) is 3.93.